The van der Waals surface area contributed by atoms with Crippen LogP contribution in [0.3, 0.4) is 0 Å². The van der Waals surface area contributed by atoms with Crippen molar-refractivity contribution < 1.29 is 9.53 Å². The zero-order valence-corrected chi connectivity index (χ0v) is 13.0. The molecule has 0 unspecified atom stereocenters. The number of likely N-dealkylation sites (tertiary alicyclic amines) is 1. The first-order valence-electron chi connectivity index (χ1n) is 7.37. The van der Waals surface area contributed by atoms with Crippen LogP contribution in [-0.2, 0) is 16.1 Å². The minimum atomic E-state index is -0.408. The van der Waals surface area contributed by atoms with Crippen LogP contribution in [0.4, 0.5) is 0 Å². The third-order valence-corrected chi connectivity index (χ3v) is 3.51. The maximum absolute atomic E-state index is 12.3. The molecule has 0 N–H and O–H groups in total. The Kier molecular flexibility index (Phi) is 4.48. The van der Waals surface area contributed by atoms with E-state index in [1.54, 1.807) is 0 Å². The smallest absolute Gasteiger partial charge is 0.323 e. The summed E-state index contributed by atoms with van der Waals surface area (Å²) < 4.78 is 5.53. The lowest BCUT2D eigenvalue weighted by atomic mass is 10.1. The summed E-state index contributed by atoms with van der Waals surface area (Å²) in [6.07, 6.45) is 1.97. The molecule has 1 aliphatic rings. The van der Waals surface area contributed by atoms with Gasteiger partial charge in [0.05, 0.1) is 0 Å². The van der Waals surface area contributed by atoms with Gasteiger partial charge in [-0.25, -0.2) is 0 Å². The van der Waals surface area contributed by atoms with E-state index >= 15 is 0 Å². The molecule has 0 spiro atoms. The third-order valence-electron chi connectivity index (χ3n) is 3.51. The molecule has 1 aromatic carbocycles. The predicted molar refractivity (Wildman–Crippen MR) is 80.5 cm³/mol. The van der Waals surface area contributed by atoms with Gasteiger partial charge >= 0.3 is 5.97 Å². The first kappa shape index (κ1) is 15.0. The fourth-order valence-electron chi connectivity index (χ4n) is 2.70. The van der Waals surface area contributed by atoms with Crippen LogP contribution in [0, 0.1) is 6.92 Å². The monoisotopic (exact) mass is 275 g/mol. The van der Waals surface area contributed by atoms with Crippen LogP contribution >= 0.6 is 0 Å². The van der Waals surface area contributed by atoms with Crippen molar-refractivity contribution in [3.05, 3.63) is 35.4 Å². The second-order valence-electron chi connectivity index (χ2n) is 6.65. The minimum absolute atomic E-state index is 0.0809. The summed E-state index contributed by atoms with van der Waals surface area (Å²) in [4.78, 5) is 14.5. The highest BCUT2D eigenvalue weighted by Gasteiger charge is 2.33. The lowest BCUT2D eigenvalue weighted by molar-refractivity contribution is -0.160. The van der Waals surface area contributed by atoms with E-state index in [1.165, 1.54) is 11.1 Å². The second-order valence-corrected chi connectivity index (χ2v) is 6.65. The van der Waals surface area contributed by atoms with Crippen molar-refractivity contribution in [2.24, 2.45) is 0 Å². The maximum Gasteiger partial charge on any atom is 0.323 e. The summed E-state index contributed by atoms with van der Waals surface area (Å²) in [6.45, 7) is 9.66. The number of carbonyl (C=O) groups is 1. The van der Waals surface area contributed by atoms with E-state index in [1.807, 2.05) is 20.8 Å². The summed E-state index contributed by atoms with van der Waals surface area (Å²) >= 11 is 0. The standard InChI is InChI=1S/C17H25NO2/c1-13-7-5-8-14(11-13)12-18-10-6-9-15(18)16(19)20-17(2,3)4/h5,7-8,11,15H,6,9-10,12H2,1-4H3/t15-/m0/s1. The van der Waals surface area contributed by atoms with Crippen LogP contribution in [0.25, 0.3) is 0 Å². The molecule has 0 aromatic heterocycles. The number of ether oxygens (including phenoxy) is 1. The molecule has 1 aromatic rings. The van der Waals surface area contributed by atoms with E-state index in [-0.39, 0.29) is 12.0 Å². The molecular formula is C17H25NO2. The second kappa shape index (κ2) is 5.96. The molecule has 1 fully saturated rings. The summed E-state index contributed by atoms with van der Waals surface area (Å²) in [5, 5.41) is 0. The molecule has 0 aliphatic carbocycles. The van der Waals surface area contributed by atoms with E-state index in [0.717, 1.165) is 25.9 Å². The molecule has 0 radical (unpaired) electrons. The van der Waals surface area contributed by atoms with Crippen LogP contribution in [0.2, 0.25) is 0 Å². The maximum atomic E-state index is 12.3. The number of aryl methyl sites for hydroxylation is 1. The van der Waals surface area contributed by atoms with Crippen LogP contribution in [0.5, 0.6) is 0 Å². The Bertz CT molecular complexity index is 476. The molecule has 2 rings (SSSR count). The Morgan fingerprint density at radius 1 is 1.40 bits per heavy atom. The molecule has 0 amide bonds. The van der Waals surface area contributed by atoms with Gasteiger partial charge in [0.1, 0.15) is 11.6 Å². The van der Waals surface area contributed by atoms with E-state index < -0.39 is 5.60 Å². The summed E-state index contributed by atoms with van der Waals surface area (Å²) in [7, 11) is 0. The molecule has 3 heteroatoms. The third kappa shape index (κ3) is 4.07. The largest absolute Gasteiger partial charge is 0.459 e. The van der Waals surface area contributed by atoms with E-state index in [2.05, 4.69) is 36.1 Å². The van der Waals surface area contributed by atoms with Crippen LogP contribution in [-0.4, -0.2) is 29.1 Å². The molecule has 3 nitrogen and oxygen atoms in total. The zero-order valence-electron chi connectivity index (χ0n) is 13.0. The molecule has 1 heterocycles. The van der Waals surface area contributed by atoms with Crippen molar-refractivity contribution in [1.29, 1.82) is 0 Å². The van der Waals surface area contributed by atoms with Gasteiger partial charge in [-0.3, -0.25) is 9.69 Å². The zero-order chi connectivity index (χ0) is 14.8. The lowest BCUT2D eigenvalue weighted by Crippen LogP contribution is -2.40. The van der Waals surface area contributed by atoms with Crippen LogP contribution < -0.4 is 0 Å². The normalized spacial score (nSPS) is 20.1. The fourth-order valence-corrected chi connectivity index (χ4v) is 2.70. The van der Waals surface area contributed by atoms with Gasteiger partial charge in [0.15, 0.2) is 0 Å². The first-order chi connectivity index (χ1) is 9.35. The number of rotatable bonds is 3. The van der Waals surface area contributed by atoms with Gasteiger partial charge in [0.2, 0.25) is 0 Å². The summed E-state index contributed by atoms with van der Waals surface area (Å²) in [5.41, 5.74) is 2.12. The van der Waals surface area contributed by atoms with Crippen molar-refractivity contribution in [1.82, 2.24) is 4.90 Å². The fraction of sp³-hybridized carbons (Fsp3) is 0.588. The number of carbonyl (C=O) groups excluding carboxylic acids is 1. The van der Waals surface area contributed by atoms with Crippen molar-refractivity contribution in [3.8, 4) is 0 Å². The average Bonchev–Trinajstić information content (AvgIpc) is 2.75. The highest BCUT2D eigenvalue weighted by Crippen LogP contribution is 2.23. The van der Waals surface area contributed by atoms with Gasteiger partial charge in [-0.2, -0.15) is 0 Å². The molecule has 1 aliphatic heterocycles. The number of hydrogen-bond acceptors (Lipinski definition) is 3. The van der Waals surface area contributed by atoms with E-state index in [0.29, 0.717) is 0 Å². The summed E-state index contributed by atoms with van der Waals surface area (Å²) in [6, 6.07) is 8.39. The van der Waals surface area contributed by atoms with Gasteiger partial charge in [0, 0.05) is 6.54 Å². The molecule has 1 atom stereocenters. The molecule has 20 heavy (non-hydrogen) atoms. The Morgan fingerprint density at radius 2 is 2.15 bits per heavy atom. The van der Waals surface area contributed by atoms with Crippen LogP contribution in [0.15, 0.2) is 24.3 Å². The minimum Gasteiger partial charge on any atom is -0.459 e. The van der Waals surface area contributed by atoms with Gasteiger partial charge < -0.3 is 4.74 Å². The lowest BCUT2D eigenvalue weighted by Gasteiger charge is -2.27. The predicted octanol–water partition coefficient (Wildman–Crippen LogP) is 3.30. The van der Waals surface area contributed by atoms with Crippen LogP contribution in [0.1, 0.15) is 44.7 Å². The SMILES string of the molecule is Cc1cccc(CN2CCC[C@H]2C(=O)OC(C)(C)C)c1. The number of hydrogen-bond donors (Lipinski definition) is 0. The van der Waals surface area contributed by atoms with Crippen molar-refractivity contribution in [3.63, 3.8) is 0 Å². The van der Waals surface area contributed by atoms with Crippen molar-refractivity contribution in [2.45, 2.75) is 58.7 Å². The Morgan fingerprint density at radius 3 is 2.80 bits per heavy atom. The number of esters is 1. The quantitative estimate of drug-likeness (QED) is 0.793. The van der Waals surface area contributed by atoms with Gasteiger partial charge in [-0.15, -0.1) is 0 Å². The van der Waals surface area contributed by atoms with E-state index in [4.69, 9.17) is 4.74 Å². The Hall–Kier alpha value is -1.35. The topological polar surface area (TPSA) is 29.5 Å². The average molecular weight is 275 g/mol. The number of nitrogens with zero attached hydrogens (tertiary/aromatic N) is 1. The van der Waals surface area contributed by atoms with Gasteiger partial charge in [-0.1, -0.05) is 29.8 Å². The molecular weight excluding hydrogens is 250 g/mol. The van der Waals surface area contributed by atoms with E-state index in [9.17, 15) is 4.79 Å². The molecule has 1 saturated heterocycles. The molecule has 0 bridgehead atoms. The van der Waals surface area contributed by atoms with Gasteiger partial charge in [-0.05, 0) is 52.6 Å². The summed E-state index contributed by atoms with van der Waals surface area (Å²) in [5.74, 6) is -0.0809. The Balaban J connectivity index is 2.02. The Labute approximate surface area is 121 Å². The van der Waals surface area contributed by atoms with Gasteiger partial charge in [0.25, 0.3) is 0 Å². The molecule has 0 saturated carbocycles. The van der Waals surface area contributed by atoms with Crippen molar-refractivity contribution >= 4 is 5.97 Å². The number of benzene rings is 1. The first-order valence-corrected chi connectivity index (χ1v) is 7.37. The highest BCUT2D eigenvalue weighted by atomic mass is 16.6. The molecule has 110 valence electrons. The highest BCUT2D eigenvalue weighted by molar-refractivity contribution is 5.76. The van der Waals surface area contributed by atoms with Crippen molar-refractivity contribution in [2.75, 3.05) is 6.54 Å².